The molecular weight excluding hydrogens is 296 g/mol. The predicted molar refractivity (Wildman–Crippen MR) is 88.1 cm³/mol. The molecule has 0 aliphatic heterocycles. The molecule has 0 heterocycles. The van der Waals surface area contributed by atoms with Crippen LogP contribution in [0.25, 0.3) is 0 Å². The molecule has 0 saturated carbocycles. The fourth-order valence-electron chi connectivity index (χ4n) is 2.24. The predicted octanol–water partition coefficient (Wildman–Crippen LogP) is 2.94. The quantitative estimate of drug-likeness (QED) is 0.460. The number of hydrogen-bond acceptors (Lipinski definition) is 5. The lowest BCUT2D eigenvalue weighted by Gasteiger charge is -2.10. The van der Waals surface area contributed by atoms with Crippen LogP contribution in [0.1, 0.15) is 11.1 Å². The number of ether oxygens (including phenoxy) is 2. The molecule has 0 aromatic heterocycles. The fourth-order valence-corrected chi connectivity index (χ4v) is 2.24. The first-order valence-electron chi connectivity index (χ1n) is 7.29. The van der Waals surface area contributed by atoms with Gasteiger partial charge in [0.15, 0.2) is 11.5 Å². The van der Waals surface area contributed by atoms with Gasteiger partial charge in [-0.3, -0.25) is 10.1 Å². The largest absolute Gasteiger partial charge is 0.493 e. The van der Waals surface area contributed by atoms with Gasteiger partial charge < -0.3 is 14.8 Å². The summed E-state index contributed by atoms with van der Waals surface area (Å²) >= 11 is 0. The van der Waals surface area contributed by atoms with E-state index in [4.69, 9.17) is 9.47 Å². The van der Waals surface area contributed by atoms with E-state index in [0.717, 1.165) is 35.6 Å². The smallest absolute Gasteiger partial charge is 0.269 e. The van der Waals surface area contributed by atoms with Crippen LogP contribution in [0, 0.1) is 10.1 Å². The van der Waals surface area contributed by atoms with Crippen molar-refractivity contribution in [2.45, 2.75) is 13.0 Å². The molecule has 0 aliphatic rings. The highest BCUT2D eigenvalue weighted by Crippen LogP contribution is 2.27. The van der Waals surface area contributed by atoms with Crippen LogP contribution in [0.2, 0.25) is 0 Å². The third-order valence-electron chi connectivity index (χ3n) is 3.51. The topological polar surface area (TPSA) is 73.6 Å². The van der Waals surface area contributed by atoms with Gasteiger partial charge in [-0.2, -0.15) is 0 Å². The van der Waals surface area contributed by atoms with Crippen molar-refractivity contribution in [3.8, 4) is 11.5 Å². The maximum Gasteiger partial charge on any atom is 0.269 e. The molecule has 0 atom stereocenters. The molecule has 0 amide bonds. The average molecular weight is 316 g/mol. The zero-order valence-electron chi connectivity index (χ0n) is 13.2. The summed E-state index contributed by atoms with van der Waals surface area (Å²) < 4.78 is 10.5. The number of nitrogens with one attached hydrogen (secondary N) is 1. The number of nitrogens with zero attached hydrogens (tertiary/aromatic N) is 1. The van der Waals surface area contributed by atoms with Crippen LogP contribution in [0.3, 0.4) is 0 Å². The molecule has 0 spiro atoms. The summed E-state index contributed by atoms with van der Waals surface area (Å²) in [5.74, 6) is 1.44. The van der Waals surface area contributed by atoms with Crippen LogP contribution in [0.4, 0.5) is 5.69 Å². The molecule has 0 aliphatic carbocycles. The molecule has 0 saturated heterocycles. The van der Waals surface area contributed by atoms with Crippen molar-refractivity contribution < 1.29 is 14.4 Å². The minimum Gasteiger partial charge on any atom is -0.493 e. The SMILES string of the molecule is COc1ccc(CCNCc2ccc([N+](=O)[O-])cc2)cc1OC. The van der Waals surface area contributed by atoms with Crippen molar-refractivity contribution in [2.75, 3.05) is 20.8 Å². The Balaban J connectivity index is 1.82. The molecule has 0 bridgehead atoms. The second-order valence-electron chi connectivity index (χ2n) is 5.04. The number of rotatable bonds is 8. The van der Waals surface area contributed by atoms with Crippen molar-refractivity contribution in [3.63, 3.8) is 0 Å². The van der Waals surface area contributed by atoms with Crippen molar-refractivity contribution in [3.05, 3.63) is 63.7 Å². The van der Waals surface area contributed by atoms with Gasteiger partial charge in [-0.15, -0.1) is 0 Å². The summed E-state index contributed by atoms with van der Waals surface area (Å²) in [5, 5.41) is 13.9. The van der Waals surface area contributed by atoms with Gasteiger partial charge in [-0.25, -0.2) is 0 Å². The molecule has 2 aromatic rings. The van der Waals surface area contributed by atoms with Crippen LogP contribution in [0.15, 0.2) is 42.5 Å². The minimum atomic E-state index is -0.395. The maximum absolute atomic E-state index is 10.6. The Bertz CT molecular complexity index is 656. The number of nitro benzene ring substituents is 1. The highest BCUT2D eigenvalue weighted by molar-refractivity contribution is 5.43. The molecule has 2 rings (SSSR count). The molecule has 0 radical (unpaired) electrons. The van der Waals surface area contributed by atoms with E-state index in [2.05, 4.69) is 5.32 Å². The van der Waals surface area contributed by atoms with E-state index in [-0.39, 0.29) is 5.69 Å². The van der Waals surface area contributed by atoms with E-state index in [0.29, 0.717) is 6.54 Å². The number of methoxy groups -OCH3 is 2. The standard InChI is InChI=1S/C17H20N2O4/c1-22-16-8-5-13(11-17(16)23-2)9-10-18-12-14-3-6-15(7-4-14)19(20)21/h3-8,11,18H,9-10,12H2,1-2H3. The number of nitro groups is 1. The fraction of sp³-hybridized carbons (Fsp3) is 0.294. The van der Waals surface area contributed by atoms with E-state index in [1.807, 2.05) is 18.2 Å². The Morgan fingerprint density at radius 3 is 2.26 bits per heavy atom. The summed E-state index contributed by atoms with van der Waals surface area (Å²) in [6, 6.07) is 12.4. The van der Waals surface area contributed by atoms with Crippen molar-refractivity contribution >= 4 is 5.69 Å². The van der Waals surface area contributed by atoms with E-state index in [9.17, 15) is 10.1 Å². The lowest BCUT2D eigenvalue weighted by molar-refractivity contribution is -0.384. The third-order valence-corrected chi connectivity index (χ3v) is 3.51. The Labute approximate surface area is 135 Å². The summed E-state index contributed by atoms with van der Waals surface area (Å²) in [4.78, 5) is 10.2. The lowest BCUT2D eigenvalue weighted by Crippen LogP contribution is -2.16. The van der Waals surface area contributed by atoms with Crippen molar-refractivity contribution in [1.82, 2.24) is 5.32 Å². The third kappa shape index (κ3) is 4.69. The Morgan fingerprint density at radius 1 is 1.00 bits per heavy atom. The zero-order valence-corrected chi connectivity index (χ0v) is 13.2. The lowest BCUT2D eigenvalue weighted by atomic mass is 10.1. The van der Waals surface area contributed by atoms with Crippen LogP contribution in [0.5, 0.6) is 11.5 Å². The van der Waals surface area contributed by atoms with Crippen LogP contribution >= 0.6 is 0 Å². The Morgan fingerprint density at radius 2 is 1.65 bits per heavy atom. The van der Waals surface area contributed by atoms with Crippen molar-refractivity contribution in [1.29, 1.82) is 0 Å². The van der Waals surface area contributed by atoms with Crippen molar-refractivity contribution in [2.24, 2.45) is 0 Å². The van der Waals surface area contributed by atoms with Gasteiger partial charge in [0.2, 0.25) is 0 Å². The van der Waals surface area contributed by atoms with Gasteiger partial charge in [0.1, 0.15) is 0 Å². The highest BCUT2D eigenvalue weighted by atomic mass is 16.6. The van der Waals surface area contributed by atoms with Gasteiger partial charge in [0, 0.05) is 18.7 Å². The molecule has 122 valence electrons. The van der Waals surface area contributed by atoms with Gasteiger partial charge in [-0.05, 0) is 36.2 Å². The average Bonchev–Trinajstić information content (AvgIpc) is 2.58. The molecule has 2 aromatic carbocycles. The summed E-state index contributed by atoms with van der Waals surface area (Å²) in [6.07, 6.45) is 0.854. The summed E-state index contributed by atoms with van der Waals surface area (Å²) in [7, 11) is 3.23. The first kappa shape index (κ1) is 16.8. The number of hydrogen-bond donors (Lipinski definition) is 1. The first-order chi connectivity index (χ1) is 11.1. The number of benzene rings is 2. The Kier molecular flexibility index (Phi) is 5.94. The molecular formula is C17H20N2O4. The van der Waals surface area contributed by atoms with Crippen LogP contribution < -0.4 is 14.8 Å². The highest BCUT2D eigenvalue weighted by Gasteiger charge is 2.05. The molecule has 0 unspecified atom stereocenters. The van der Waals surface area contributed by atoms with Gasteiger partial charge in [-0.1, -0.05) is 18.2 Å². The van der Waals surface area contributed by atoms with Gasteiger partial charge in [0.25, 0.3) is 5.69 Å². The van der Waals surface area contributed by atoms with E-state index < -0.39 is 4.92 Å². The molecule has 23 heavy (non-hydrogen) atoms. The van der Waals surface area contributed by atoms with Gasteiger partial charge >= 0.3 is 0 Å². The summed E-state index contributed by atoms with van der Waals surface area (Å²) in [6.45, 7) is 1.47. The van der Waals surface area contributed by atoms with E-state index in [1.165, 1.54) is 12.1 Å². The van der Waals surface area contributed by atoms with Gasteiger partial charge in [0.05, 0.1) is 19.1 Å². The minimum absolute atomic E-state index is 0.110. The second kappa shape index (κ2) is 8.14. The van der Waals surface area contributed by atoms with Crippen LogP contribution in [-0.4, -0.2) is 25.7 Å². The zero-order chi connectivity index (χ0) is 16.7. The normalized spacial score (nSPS) is 10.3. The summed E-state index contributed by atoms with van der Waals surface area (Å²) in [5.41, 5.74) is 2.28. The molecule has 6 nitrogen and oxygen atoms in total. The molecule has 6 heteroatoms. The molecule has 1 N–H and O–H groups in total. The van der Waals surface area contributed by atoms with E-state index in [1.54, 1.807) is 26.4 Å². The maximum atomic E-state index is 10.6. The van der Waals surface area contributed by atoms with Crippen LogP contribution in [-0.2, 0) is 13.0 Å². The van der Waals surface area contributed by atoms with E-state index >= 15 is 0 Å². The number of non-ortho nitro benzene ring substituents is 1. The molecule has 0 fully saturated rings. The monoisotopic (exact) mass is 316 g/mol. The second-order valence-corrected chi connectivity index (χ2v) is 5.04. The first-order valence-corrected chi connectivity index (χ1v) is 7.29. The Hall–Kier alpha value is -2.60.